The number of hydrogen-bond acceptors (Lipinski definition) is 13. The standard InChI is InChI=1S/C18H27N5O12/c1-9(25)19-13-10(26)6-18(16(29)30,33-15(13)14(28)11(27)8-24)34-17(31)20-12-7-23(21-35-12)22-2-4-32-5-3-22/h7,10-11,13-15,24,26-28H,2-6,8H2,1H3,(H2-,19,20,21,25,29,30,31)/p+1/t10-,11+,13+,14+,15+,18+/m0/s1. The predicted octanol–water partition coefficient (Wildman–Crippen LogP) is -4.37. The maximum absolute atomic E-state index is 12.5. The number of carboxylic acid groups (broad SMARTS) is 1. The van der Waals surface area contributed by atoms with E-state index in [4.69, 9.17) is 23.8 Å². The van der Waals surface area contributed by atoms with Gasteiger partial charge in [-0.3, -0.25) is 14.6 Å². The minimum Gasteiger partial charge on any atom is -0.476 e. The third-order valence-corrected chi connectivity index (χ3v) is 5.40. The third kappa shape index (κ3) is 6.13. The molecule has 2 aliphatic rings. The van der Waals surface area contributed by atoms with Crippen molar-refractivity contribution in [1.82, 2.24) is 10.6 Å². The topological polar surface area (TPSA) is 237 Å². The molecular formula is C18H28N5O12+. The van der Waals surface area contributed by atoms with Gasteiger partial charge in [-0.1, -0.05) is 0 Å². The smallest absolute Gasteiger partial charge is 0.417 e. The van der Waals surface area contributed by atoms with Gasteiger partial charge in [0, 0.05) is 6.92 Å². The number of nitrogens with one attached hydrogen (secondary N) is 2. The van der Waals surface area contributed by atoms with Crippen molar-refractivity contribution in [3.63, 3.8) is 0 Å². The number of ether oxygens (including phenoxy) is 3. The first-order valence-corrected chi connectivity index (χ1v) is 10.6. The minimum absolute atomic E-state index is 0.207. The molecule has 35 heavy (non-hydrogen) atoms. The zero-order valence-electron chi connectivity index (χ0n) is 18.6. The van der Waals surface area contributed by atoms with E-state index in [0.29, 0.717) is 26.3 Å². The Kier molecular flexibility index (Phi) is 8.41. The molecule has 196 valence electrons. The van der Waals surface area contributed by atoms with Crippen LogP contribution in [-0.2, 0) is 23.8 Å². The summed E-state index contributed by atoms with van der Waals surface area (Å²) in [6.45, 7) is 2.09. The summed E-state index contributed by atoms with van der Waals surface area (Å²) in [7, 11) is 0. The number of carbonyl (C=O) groups is 3. The lowest BCUT2D eigenvalue weighted by atomic mass is 9.88. The zero-order chi connectivity index (χ0) is 25.8. The Morgan fingerprint density at radius 1 is 1.34 bits per heavy atom. The molecule has 0 aliphatic carbocycles. The van der Waals surface area contributed by atoms with Crippen LogP contribution in [-0.4, -0.2) is 118 Å². The van der Waals surface area contributed by atoms with E-state index in [2.05, 4.69) is 15.9 Å². The lowest BCUT2D eigenvalue weighted by Gasteiger charge is -2.45. The molecule has 3 heterocycles. The van der Waals surface area contributed by atoms with Crippen molar-refractivity contribution in [2.45, 2.75) is 49.6 Å². The van der Waals surface area contributed by atoms with Crippen LogP contribution >= 0.6 is 0 Å². The second-order valence-corrected chi connectivity index (χ2v) is 7.95. The van der Waals surface area contributed by atoms with Crippen molar-refractivity contribution in [3.05, 3.63) is 6.20 Å². The summed E-state index contributed by atoms with van der Waals surface area (Å²) >= 11 is 0. The van der Waals surface area contributed by atoms with E-state index in [9.17, 15) is 34.8 Å². The highest BCUT2D eigenvalue weighted by Crippen LogP contribution is 2.34. The largest absolute Gasteiger partial charge is 0.476 e. The number of carbonyl (C=O) groups excluding carboxylic acids is 2. The lowest BCUT2D eigenvalue weighted by Crippen LogP contribution is -2.68. The molecule has 6 atom stereocenters. The van der Waals surface area contributed by atoms with Crippen LogP contribution in [0.2, 0.25) is 0 Å². The van der Waals surface area contributed by atoms with Gasteiger partial charge in [0.2, 0.25) is 11.2 Å². The van der Waals surface area contributed by atoms with Crippen molar-refractivity contribution < 1.29 is 63.4 Å². The van der Waals surface area contributed by atoms with Gasteiger partial charge in [0.1, 0.15) is 18.3 Å². The number of anilines is 1. The number of aliphatic hydroxyl groups is 4. The summed E-state index contributed by atoms with van der Waals surface area (Å²) < 4.78 is 20.6. The van der Waals surface area contributed by atoms with Gasteiger partial charge < -0.3 is 45.1 Å². The number of rotatable bonds is 8. The average Bonchev–Trinajstić information content (AvgIpc) is 3.28. The van der Waals surface area contributed by atoms with Crippen molar-refractivity contribution >= 4 is 23.9 Å². The highest BCUT2D eigenvalue weighted by atomic mass is 16.7. The Bertz CT molecular complexity index is 908. The second-order valence-electron chi connectivity index (χ2n) is 7.95. The van der Waals surface area contributed by atoms with Gasteiger partial charge in [0.05, 0.1) is 56.3 Å². The van der Waals surface area contributed by atoms with E-state index in [-0.39, 0.29) is 5.88 Å². The number of aromatic nitrogens is 2. The molecule has 2 fully saturated rings. The van der Waals surface area contributed by atoms with Crippen molar-refractivity contribution in [1.29, 1.82) is 0 Å². The van der Waals surface area contributed by atoms with Crippen LogP contribution in [0.15, 0.2) is 10.7 Å². The van der Waals surface area contributed by atoms with E-state index in [1.54, 1.807) is 5.01 Å². The molecule has 0 saturated carbocycles. The monoisotopic (exact) mass is 506 g/mol. The average molecular weight is 506 g/mol. The number of aliphatic hydroxyl groups excluding tert-OH is 4. The maximum atomic E-state index is 12.5. The Morgan fingerprint density at radius 2 is 2.03 bits per heavy atom. The fourth-order valence-electron chi connectivity index (χ4n) is 3.69. The molecule has 2 aliphatic heterocycles. The maximum Gasteiger partial charge on any atom is 0.417 e. The Balaban J connectivity index is 1.77. The molecule has 0 unspecified atom stereocenters. The highest BCUT2D eigenvalue weighted by molar-refractivity contribution is 5.86. The van der Waals surface area contributed by atoms with Crippen LogP contribution in [0.25, 0.3) is 0 Å². The first-order chi connectivity index (χ1) is 16.6. The Labute approximate surface area is 197 Å². The summed E-state index contributed by atoms with van der Waals surface area (Å²) in [6, 6.07) is -1.40. The Hall–Kier alpha value is -3.09. The van der Waals surface area contributed by atoms with Gasteiger partial charge in [-0.25, -0.2) is 9.59 Å². The lowest BCUT2D eigenvalue weighted by molar-refractivity contribution is -0.759. The van der Waals surface area contributed by atoms with Crippen molar-refractivity contribution in [2.75, 3.05) is 43.2 Å². The first kappa shape index (κ1) is 26.5. The van der Waals surface area contributed by atoms with Gasteiger partial charge in [-0.05, 0) is 0 Å². The van der Waals surface area contributed by atoms with E-state index in [1.807, 2.05) is 0 Å². The molecule has 2 amide bonds. The number of amides is 2. The number of carboxylic acids is 1. The van der Waals surface area contributed by atoms with Gasteiger partial charge in [-0.2, -0.15) is 0 Å². The normalized spacial score (nSPS) is 28.6. The molecule has 0 radical (unpaired) electrons. The van der Waals surface area contributed by atoms with Crippen LogP contribution in [0, 0.1) is 0 Å². The SMILES string of the molecule is CC(=O)N[C@H]1[C@H]([C@H](O)[C@H](O)CO)O[C@](OC(=O)Nc2c[n+](N3CCOCC3)no2)(C(=O)O)C[C@@H]1O. The summed E-state index contributed by atoms with van der Waals surface area (Å²) in [5, 5.41) is 59.6. The van der Waals surface area contributed by atoms with Crippen molar-refractivity contribution in [2.24, 2.45) is 0 Å². The van der Waals surface area contributed by atoms with Crippen LogP contribution in [0.3, 0.4) is 0 Å². The minimum atomic E-state index is -2.83. The highest BCUT2D eigenvalue weighted by Gasteiger charge is 2.57. The molecule has 0 spiro atoms. The fraction of sp³-hybridized carbons (Fsp3) is 0.722. The van der Waals surface area contributed by atoms with Crippen molar-refractivity contribution in [3.8, 4) is 0 Å². The summed E-state index contributed by atoms with van der Waals surface area (Å²) in [6.07, 6.45) is -8.19. The molecule has 7 N–H and O–H groups in total. The number of hydrogen-bond donors (Lipinski definition) is 7. The van der Waals surface area contributed by atoms with E-state index in [1.165, 1.54) is 11.0 Å². The molecule has 0 aromatic carbocycles. The quantitative estimate of drug-likeness (QED) is 0.165. The molecule has 1 aromatic heterocycles. The zero-order valence-corrected chi connectivity index (χ0v) is 18.6. The Morgan fingerprint density at radius 3 is 2.63 bits per heavy atom. The van der Waals surface area contributed by atoms with E-state index in [0.717, 1.165) is 6.92 Å². The predicted molar refractivity (Wildman–Crippen MR) is 108 cm³/mol. The summed E-state index contributed by atoms with van der Waals surface area (Å²) in [5.74, 6) is -5.54. The molecule has 1 aromatic rings. The summed E-state index contributed by atoms with van der Waals surface area (Å²) in [4.78, 5) is 37.4. The molecule has 17 heteroatoms. The van der Waals surface area contributed by atoms with Crippen LogP contribution in [0.1, 0.15) is 13.3 Å². The fourth-order valence-corrected chi connectivity index (χ4v) is 3.69. The molecule has 3 rings (SSSR count). The second kappa shape index (κ2) is 11.1. The van der Waals surface area contributed by atoms with Gasteiger partial charge >= 0.3 is 23.7 Å². The van der Waals surface area contributed by atoms with Crippen LogP contribution < -0.4 is 20.4 Å². The third-order valence-electron chi connectivity index (χ3n) is 5.40. The van der Waals surface area contributed by atoms with Crippen LogP contribution in [0.5, 0.6) is 0 Å². The van der Waals surface area contributed by atoms with E-state index < -0.39 is 67.2 Å². The van der Waals surface area contributed by atoms with Gasteiger partial charge in [0.15, 0.2) is 0 Å². The molecular weight excluding hydrogens is 478 g/mol. The van der Waals surface area contributed by atoms with Gasteiger partial charge in [0.25, 0.3) is 6.20 Å². The van der Waals surface area contributed by atoms with Crippen LogP contribution in [0.4, 0.5) is 10.7 Å². The van der Waals surface area contributed by atoms with Gasteiger partial charge in [-0.15, -0.1) is 5.01 Å². The number of morpholine rings is 1. The summed E-state index contributed by atoms with van der Waals surface area (Å²) in [5.41, 5.74) is 0. The van der Waals surface area contributed by atoms with E-state index >= 15 is 0 Å². The first-order valence-electron chi connectivity index (χ1n) is 10.6. The molecule has 17 nitrogen and oxygen atoms in total. The molecule has 0 bridgehead atoms. The number of nitrogens with zero attached hydrogens (tertiary/aromatic N) is 3. The number of aliphatic carboxylic acids is 1. The molecule has 2 saturated heterocycles.